The van der Waals surface area contributed by atoms with Gasteiger partial charge in [-0.05, 0) is 23.8 Å². The number of sulfonamides is 1. The SMILES string of the molecule is O=C(Cc1ccccc1[N+](=O)[O-])NNC(=O)c1cccc(S(=O)(=O)NCc2ccccc2)c1. The number of nitro benzene ring substituents is 1. The maximum atomic E-state index is 12.6. The number of hydrazine groups is 1. The van der Waals surface area contributed by atoms with E-state index in [1.165, 1.54) is 42.5 Å². The van der Waals surface area contributed by atoms with Gasteiger partial charge in [-0.3, -0.25) is 30.6 Å². The number of carbonyl (C=O) groups excluding carboxylic acids is 2. The Hall–Kier alpha value is -4.09. The second-order valence-electron chi connectivity index (χ2n) is 6.90. The van der Waals surface area contributed by atoms with E-state index in [9.17, 15) is 28.1 Å². The summed E-state index contributed by atoms with van der Waals surface area (Å²) in [5, 5.41) is 11.0. The van der Waals surface area contributed by atoms with E-state index in [1.807, 2.05) is 6.07 Å². The first-order valence-electron chi connectivity index (χ1n) is 9.71. The van der Waals surface area contributed by atoms with Crippen LogP contribution >= 0.6 is 0 Å². The molecule has 0 spiro atoms. The van der Waals surface area contributed by atoms with Crippen molar-refractivity contribution < 1.29 is 22.9 Å². The Bertz CT molecular complexity index is 1280. The highest BCUT2D eigenvalue weighted by Crippen LogP contribution is 2.18. The van der Waals surface area contributed by atoms with Crippen LogP contribution in [0, 0.1) is 10.1 Å². The molecular formula is C22H20N4O6S. The van der Waals surface area contributed by atoms with Gasteiger partial charge in [0, 0.05) is 23.7 Å². The van der Waals surface area contributed by atoms with Crippen LogP contribution in [-0.4, -0.2) is 25.2 Å². The van der Waals surface area contributed by atoms with E-state index in [0.717, 1.165) is 5.56 Å². The minimum Gasteiger partial charge on any atom is -0.273 e. The summed E-state index contributed by atoms with van der Waals surface area (Å²) in [5.41, 5.74) is 5.11. The molecule has 0 unspecified atom stereocenters. The summed E-state index contributed by atoms with van der Waals surface area (Å²) < 4.78 is 27.6. The number of para-hydroxylation sites is 1. The molecule has 0 saturated carbocycles. The largest absolute Gasteiger partial charge is 0.273 e. The van der Waals surface area contributed by atoms with Crippen molar-refractivity contribution in [2.45, 2.75) is 17.9 Å². The van der Waals surface area contributed by atoms with Gasteiger partial charge < -0.3 is 0 Å². The predicted molar refractivity (Wildman–Crippen MR) is 119 cm³/mol. The van der Waals surface area contributed by atoms with Gasteiger partial charge in [-0.1, -0.05) is 54.6 Å². The minimum absolute atomic E-state index is 0.00331. The average Bonchev–Trinajstić information content (AvgIpc) is 2.82. The Labute approximate surface area is 189 Å². The molecule has 0 heterocycles. The third-order valence-electron chi connectivity index (χ3n) is 4.57. The molecule has 0 radical (unpaired) electrons. The van der Waals surface area contributed by atoms with Crippen LogP contribution in [0.2, 0.25) is 0 Å². The summed E-state index contributed by atoms with van der Waals surface area (Å²) in [6.45, 7) is 0.0846. The molecule has 11 heteroatoms. The van der Waals surface area contributed by atoms with Gasteiger partial charge in [-0.15, -0.1) is 0 Å². The molecule has 3 aromatic carbocycles. The standard InChI is InChI=1S/C22H20N4O6S/c27-21(14-17-9-4-5-12-20(17)26(29)30)24-25-22(28)18-10-6-11-19(13-18)33(31,32)23-15-16-7-2-1-3-8-16/h1-13,23H,14-15H2,(H,24,27)(H,25,28). The highest BCUT2D eigenvalue weighted by molar-refractivity contribution is 7.89. The van der Waals surface area contributed by atoms with Crippen LogP contribution in [0.5, 0.6) is 0 Å². The maximum absolute atomic E-state index is 12.6. The summed E-state index contributed by atoms with van der Waals surface area (Å²) in [4.78, 5) is 34.8. The highest BCUT2D eigenvalue weighted by atomic mass is 32.2. The summed E-state index contributed by atoms with van der Waals surface area (Å²) >= 11 is 0. The Morgan fingerprint density at radius 1 is 0.879 bits per heavy atom. The first kappa shape index (κ1) is 23.6. The molecule has 0 fully saturated rings. The topological polar surface area (TPSA) is 148 Å². The fourth-order valence-electron chi connectivity index (χ4n) is 2.92. The van der Waals surface area contributed by atoms with Gasteiger partial charge in [-0.25, -0.2) is 13.1 Å². The Morgan fingerprint density at radius 3 is 2.30 bits per heavy atom. The summed E-state index contributed by atoms with van der Waals surface area (Å²) in [6.07, 6.45) is -0.324. The van der Waals surface area contributed by atoms with E-state index in [-0.39, 0.29) is 34.7 Å². The van der Waals surface area contributed by atoms with Crippen LogP contribution in [0.3, 0.4) is 0 Å². The minimum atomic E-state index is -3.88. The second-order valence-corrected chi connectivity index (χ2v) is 8.67. The van der Waals surface area contributed by atoms with Crippen LogP contribution in [-0.2, 0) is 27.8 Å². The fourth-order valence-corrected chi connectivity index (χ4v) is 3.98. The predicted octanol–water partition coefficient (Wildman–Crippen LogP) is 2.08. The van der Waals surface area contributed by atoms with E-state index in [4.69, 9.17) is 0 Å². The van der Waals surface area contributed by atoms with Crippen LogP contribution < -0.4 is 15.6 Å². The zero-order valence-corrected chi connectivity index (χ0v) is 18.0. The van der Waals surface area contributed by atoms with Gasteiger partial charge in [0.1, 0.15) is 0 Å². The molecule has 0 atom stereocenters. The summed E-state index contributed by atoms with van der Waals surface area (Å²) in [6, 6.07) is 20.0. The molecule has 170 valence electrons. The molecule has 10 nitrogen and oxygen atoms in total. The normalized spacial score (nSPS) is 10.9. The number of nitrogens with one attached hydrogen (secondary N) is 3. The number of hydrogen-bond acceptors (Lipinski definition) is 6. The van der Waals surface area contributed by atoms with Gasteiger partial charge in [-0.2, -0.15) is 0 Å². The smallest absolute Gasteiger partial charge is 0.273 e. The quantitative estimate of drug-likeness (QED) is 0.341. The van der Waals surface area contributed by atoms with Gasteiger partial charge in [0.15, 0.2) is 0 Å². The Balaban J connectivity index is 1.61. The Morgan fingerprint density at radius 2 is 1.58 bits per heavy atom. The number of benzene rings is 3. The molecule has 0 bridgehead atoms. The number of nitro groups is 1. The molecule has 0 aliphatic rings. The van der Waals surface area contributed by atoms with Gasteiger partial charge in [0.2, 0.25) is 15.9 Å². The zero-order chi connectivity index (χ0) is 23.8. The molecular weight excluding hydrogens is 448 g/mol. The van der Waals surface area contributed by atoms with Crippen LogP contribution in [0.25, 0.3) is 0 Å². The van der Waals surface area contributed by atoms with E-state index in [0.29, 0.717) is 0 Å². The lowest BCUT2D eigenvalue weighted by atomic mass is 10.1. The number of rotatable bonds is 8. The van der Waals surface area contributed by atoms with Crippen LogP contribution in [0.1, 0.15) is 21.5 Å². The van der Waals surface area contributed by atoms with Gasteiger partial charge >= 0.3 is 0 Å². The highest BCUT2D eigenvalue weighted by Gasteiger charge is 2.18. The third kappa shape index (κ3) is 6.45. The number of nitrogens with zero attached hydrogens (tertiary/aromatic N) is 1. The van der Waals surface area contributed by atoms with E-state index < -0.39 is 26.8 Å². The molecule has 0 saturated heterocycles. The van der Waals surface area contributed by atoms with E-state index in [1.54, 1.807) is 30.3 Å². The molecule has 3 N–H and O–H groups in total. The van der Waals surface area contributed by atoms with E-state index >= 15 is 0 Å². The summed E-state index contributed by atoms with van der Waals surface area (Å²) in [7, 11) is -3.88. The van der Waals surface area contributed by atoms with Crippen molar-refractivity contribution >= 4 is 27.5 Å². The lowest BCUT2D eigenvalue weighted by Gasteiger charge is -2.10. The van der Waals surface area contributed by atoms with Crippen LogP contribution in [0.4, 0.5) is 5.69 Å². The third-order valence-corrected chi connectivity index (χ3v) is 5.97. The molecule has 0 aliphatic heterocycles. The molecule has 3 aromatic rings. The molecule has 3 rings (SSSR count). The number of hydrogen-bond donors (Lipinski definition) is 3. The molecule has 2 amide bonds. The van der Waals surface area contributed by atoms with Crippen molar-refractivity contribution in [2.75, 3.05) is 0 Å². The molecule has 33 heavy (non-hydrogen) atoms. The second kappa shape index (κ2) is 10.5. The van der Waals surface area contributed by atoms with Crippen LogP contribution in [0.15, 0.2) is 83.8 Å². The van der Waals surface area contributed by atoms with Gasteiger partial charge in [0.25, 0.3) is 11.6 Å². The van der Waals surface area contributed by atoms with Crippen molar-refractivity contribution in [1.29, 1.82) is 0 Å². The van der Waals surface area contributed by atoms with E-state index in [2.05, 4.69) is 15.6 Å². The fraction of sp³-hybridized carbons (Fsp3) is 0.0909. The zero-order valence-electron chi connectivity index (χ0n) is 17.2. The van der Waals surface area contributed by atoms with Crippen molar-refractivity contribution in [3.63, 3.8) is 0 Å². The summed E-state index contributed by atoms with van der Waals surface area (Å²) in [5.74, 6) is -1.42. The molecule has 0 aliphatic carbocycles. The lowest BCUT2D eigenvalue weighted by molar-refractivity contribution is -0.385. The number of amides is 2. The first-order valence-corrected chi connectivity index (χ1v) is 11.2. The van der Waals surface area contributed by atoms with Crippen molar-refractivity contribution in [2.24, 2.45) is 0 Å². The monoisotopic (exact) mass is 468 g/mol. The van der Waals surface area contributed by atoms with Crippen molar-refractivity contribution in [1.82, 2.24) is 15.6 Å². The molecule has 0 aromatic heterocycles. The lowest BCUT2D eigenvalue weighted by Crippen LogP contribution is -2.42. The average molecular weight is 468 g/mol. The Kier molecular flexibility index (Phi) is 7.49. The van der Waals surface area contributed by atoms with Gasteiger partial charge in [0.05, 0.1) is 16.2 Å². The van der Waals surface area contributed by atoms with Crippen molar-refractivity contribution in [3.8, 4) is 0 Å². The maximum Gasteiger partial charge on any atom is 0.273 e. The first-order chi connectivity index (χ1) is 15.8. The number of carbonyl (C=O) groups is 2. The van der Waals surface area contributed by atoms with Crippen molar-refractivity contribution in [3.05, 3.63) is 106 Å².